The average Bonchev–Trinajstić information content (AvgIpc) is 2.49. The molecule has 1 aromatic rings. The van der Waals surface area contributed by atoms with Gasteiger partial charge in [-0.3, -0.25) is 4.79 Å². The van der Waals surface area contributed by atoms with E-state index >= 15 is 0 Å². The number of ether oxygens (including phenoxy) is 1. The fraction of sp³-hybridized carbons (Fsp3) is 0.588. The number of benzene rings is 1. The van der Waals surface area contributed by atoms with Gasteiger partial charge >= 0.3 is 0 Å². The van der Waals surface area contributed by atoms with Crippen LogP contribution >= 0.6 is 0 Å². The molecule has 4 nitrogen and oxygen atoms in total. The van der Waals surface area contributed by atoms with Gasteiger partial charge < -0.3 is 15.2 Å². The molecule has 0 radical (unpaired) electrons. The molecule has 0 saturated heterocycles. The molecule has 1 saturated carbocycles. The second kappa shape index (κ2) is 6.94. The van der Waals surface area contributed by atoms with E-state index in [2.05, 4.69) is 12.2 Å². The Bertz CT molecular complexity index is 452. The van der Waals surface area contributed by atoms with Crippen molar-refractivity contribution in [2.24, 2.45) is 5.92 Å². The molecule has 0 bridgehead atoms. The molecule has 0 heterocycles. The number of rotatable bonds is 5. The van der Waals surface area contributed by atoms with Gasteiger partial charge in [0.2, 0.25) is 0 Å². The molecule has 1 unspecified atom stereocenters. The maximum atomic E-state index is 12.0. The summed E-state index contributed by atoms with van der Waals surface area (Å²) < 4.78 is 5.57. The predicted molar refractivity (Wildman–Crippen MR) is 82.1 cm³/mol. The van der Waals surface area contributed by atoms with Crippen LogP contribution in [0.2, 0.25) is 0 Å². The number of carbonyl (C=O) groups is 1. The molecular formula is C17H25NO3. The zero-order chi connectivity index (χ0) is 15.3. The van der Waals surface area contributed by atoms with Gasteiger partial charge in [-0.05, 0) is 50.7 Å². The van der Waals surface area contributed by atoms with E-state index in [1.54, 1.807) is 6.92 Å². The summed E-state index contributed by atoms with van der Waals surface area (Å²) >= 11 is 0. The number of amides is 1. The van der Waals surface area contributed by atoms with Gasteiger partial charge in [-0.25, -0.2) is 0 Å². The molecular weight excluding hydrogens is 266 g/mol. The van der Waals surface area contributed by atoms with Crippen LogP contribution in [0.25, 0.3) is 0 Å². The van der Waals surface area contributed by atoms with Crippen molar-refractivity contribution in [1.82, 2.24) is 5.32 Å². The van der Waals surface area contributed by atoms with Crippen molar-refractivity contribution in [3.63, 3.8) is 0 Å². The van der Waals surface area contributed by atoms with Gasteiger partial charge in [-0.2, -0.15) is 0 Å². The Balaban J connectivity index is 1.78. The van der Waals surface area contributed by atoms with Crippen molar-refractivity contribution in [1.29, 1.82) is 0 Å². The van der Waals surface area contributed by atoms with E-state index in [1.807, 2.05) is 30.3 Å². The lowest BCUT2D eigenvalue weighted by molar-refractivity contribution is -0.129. The Labute approximate surface area is 126 Å². The Morgan fingerprint density at radius 2 is 2.00 bits per heavy atom. The van der Waals surface area contributed by atoms with Crippen LogP contribution in [0.5, 0.6) is 5.75 Å². The molecule has 21 heavy (non-hydrogen) atoms. The summed E-state index contributed by atoms with van der Waals surface area (Å²) in [7, 11) is 0. The lowest BCUT2D eigenvalue weighted by atomic mass is 9.79. The standard InChI is InChI=1S/C17H25NO3/c1-13-8-10-17(20,11-9-13)12-18-16(19)14(2)21-15-6-4-3-5-7-15/h3-7,13-14,20H,8-12H2,1-2H3,(H,18,19). The summed E-state index contributed by atoms with van der Waals surface area (Å²) in [5, 5.41) is 13.3. The first kappa shape index (κ1) is 15.8. The zero-order valence-electron chi connectivity index (χ0n) is 12.8. The lowest BCUT2D eigenvalue weighted by Crippen LogP contribution is -2.48. The molecule has 1 amide bonds. The third-order valence-corrected chi connectivity index (χ3v) is 4.22. The van der Waals surface area contributed by atoms with Gasteiger partial charge in [0.05, 0.1) is 5.60 Å². The van der Waals surface area contributed by atoms with Crippen molar-refractivity contribution < 1.29 is 14.6 Å². The number of hydrogen-bond acceptors (Lipinski definition) is 3. The van der Waals surface area contributed by atoms with E-state index in [0.717, 1.165) is 25.7 Å². The van der Waals surface area contributed by atoms with E-state index in [0.29, 0.717) is 18.2 Å². The normalized spacial score (nSPS) is 26.9. The van der Waals surface area contributed by atoms with Crippen molar-refractivity contribution in [2.45, 2.75) is 51.2 Å². The van der Waals surface area contributed by atoms with Crippen LogP contribution < -0.4 is 10.1 Å². The highest BCUT2D eigenvalue weighted by Crippen LogP contribution is 2.31. The monoisotopic (exact) mass is 291 g/mol. The zero-order valence-corrected chi connectivity index (χ0v) is 12.8. The molecule has 1 aromatic carbocycles. The molecule has 1 aliphatic rings. The molecule has 2 rings (SSSR count). The molecule has 1 fully saturated rings. The molecule has 0 aromatic heterocycles. The maximum Gasteiger partial charge on any atom is 0.260 e. The summed E-state index contributed by atoms with van der Waals surface area (Å²) in [5.74, 6) is 1.15. The SMILES string of the molecule is CC1CCC(O)(CNC(=O)C(C)Oc2ccccc2)CC1. The Kier molecular flexibility index (Phi) is 5.23. The topological polar surface area (TPSA) is 58.6 Å². The molecule has 2 N–H and O–H groups in total. The minimum absolute atomic E-state index is 0.189. The van der Waals surface area contributed by atoms with Crippen LogP contribution in [0, 0.1) is 5.92 Å². The van der Waals surface area contributed by atoms with E-state index in [-0.39, 0.29) is 5.91 Å². The molecule has 116 valence electrons. The van der Waals surface area contributed by atoms with Crippen molar-refractivity contribution >= 4 is 5.91 Å². The first-order valence-corrected chi connectivity index (χ1v) is 7.70. The second-order valence-corrected chi connectivity index (χ2v) is 6.20. The van der Waals surface area contributed by atoms with E-state index in [9.17, 15) is 9.90 Å². The van der Waals surface area contributed by atoms with Crippen molar-refractivity contribution in [2.75, 3.05) is 6.54 Å². The van der Waals surface area contributed by atoms with Gasteiger partial charge in [-0.15, -0.1) is 0 Å². The number of carbonyl (C=O) groups excluding carboxylic acids is 1. The van der Waals surface area contributed by atoms with Crippen molar-refractivity contribution in [3.05, 3.63) is 30.3 Å². The van der Waals surface area contributed by atoms with Crippen LogP contribution in [0.3, 0.4) is 0 Å². The summed E-state index contributed by atoms with van der Waals surface area (Å²) in [6, 6.07) is 9.27. The van der Waals surface area contributed by atoms with Crippen LogP contribution in [-0.4, -0.2) is 29.3 Å². The lowest BCUT2D eigenvalue weighted by Gasteiger charge is -2.35. The highest BCUT2D eigenvalue weighted by Gasteiger charge is 2.32. The van der Waals surface area contributed by atoms with Gasteiger partial charge in [-0.1, -0.05) is 25.1 Å². The highest BCUT2D eigenvalue weighted by atomic mass is 16.5. The fourth-order valence-corrected chi connectivity index (χ4v) is 2.63. The smallest absolute Gasteiger partial charge is 0.260 e. The Morgan fingerprint density at radius 1 is 1.38 bits per heavy atom. The molecule has 0 aliphatic heterocycles. The summed E-state index contributed by atoms with van der Waals surface area (Å²) in [6.45, 7) is 4.23. The Hall–Kier alpha value is -1.55. The quantitative estimate of drug-likeness (QED) is 0.876. The summed E-state index contributed by atoms with van der Waals surface area (Å²) in [6.07, 6.45) is 2.97. The minimum Gasteiger partial charge on any atom is -0.481 e. The predicted octanol–water partition coefficient (Wildman–Crippen LogP) is 2.51. The largest absolute Gasteiger partial charge is 0.481 e. The first-order chi connectivity index (χ1) is 9.98. The molecule has 1 aliphatic carbocycles. The minimum atomic E-state index is -0.755. The molecule has 1 atom stereocenters. The summed E-state index contributed by atoms with van der Waals surface area (Å²) in [4.78, 5) is 12.0. The van der Waals surface area contributed by atoms with E-state index in [4.69, 9.17) is 4.74 Å². The maximum absolute atomic E-state index is 12.0. The summed E-state index contributed by atoms with van der Waals surface area (Å²) in [5.41, 5.74) is -0.755. The number of para-hydroxylation sites is 1. The van der Waals surface area contributed by atoms with Crippen LogP contribution in [-0.2, 0) is 4.79 Å². The molecule has 4 heteroatoms. The second-order valence-electron chi connectivity index (χ2n) is 6.20. The van der Waals surface area contributed by atoms with Gasteiger partial charge in [0, 0.05) is 6.54 Å². The third kappa shape index (κ3) is 4.74. The van der Waals surface area contributed by atoms with Crippen molar-refractivity contribution in [3.8, 4) is 5.75 Å². The van der Waals surface area contributed by atoms with Gasteiger partial charge in [0.25, 0.3) is 5.91 Å². The first-order valence-electron chi connectivity index (χ1n) is 7.70. The van der Waals surface area contributed by atoms with Crippen LogP contribution in [0.1, 0.15) is 39.5 Å². The van der Waals surface area contributed by atoms with Gasteiger partial charge in [0.15, 0.2) is 6.10 Å². The third-order valence-electron chi connectivity index (χ3n) is 4.22. The average molecular weight is 291 g/mol. The Morgan fingerprint density at radius 3 is 2.62 bits per heavy atom. The van der Waals surface area contributed by atoms with Crippen LogP contribution in [0.15, 0.2) is 30.3 Å². The van der Waals surface area contributed by atoms with E-state index in [1.165, 1.54) is 0 Å². The number of nitrogens with one attached hydrogen (secondary N) is 1. The van der Waals surface area contributed by atoms with Crippen LogP contribution in [0.4, 0.5) is 0 Å². The van der Waals surface area contributed by atoms with E-state index < -0.39 is 11.7 Å². The van der Waals surface area contributed by atoms with Gasteiger partial charge in [0.1, 0.15) is 5.75 Å². The number of aliphatic hydroxyl groups is 1. The fourth-order valence-electron chi connectivity index (χ4n) is 2.63. The highest BCUT2D eigenvalue weighted by molar-refractivity contribution is 5.80. The molecule has 0 spiro atoms. The number of hydrogen-bond donors (Lipinski definition) is 2.